The first-order valence-electron chi connectivity index (χ1n) is 21.3. The van der Waals surface area contributed by atoms with Crippen LogP contribution in [0, 0.1) is 28.6 Å². The highest BCUT2D eigenvalue weighted by atomic mass is 16.5. The number of phenols is 1. The van der Waals surface area contributed by atoms with Gasteiger partial charge < -0.3 is 39.5 Å². The van der Waals surface area contributed by atoms with E-state index in [-0.39, 0.29) is 47.8 Å². The monoisotopic (exact) mass is 756 g/mol. The van der Waals surface area contributed by atoms with E-state index in [2.05, 4.69) is 37.2 Å². The predicted octanol–water partition coefficient (Wildman–Crippen LogP) is 6.31. The van der Waals surface area contributed by atoms with Gasteiger partial charge >= 0.3 is 0 Å². The van der Waals surface area contributed by atoms with Crippen LogP contribution in [0.15, 0.2) is 18.2 Å². The molecule has 2 saturated carbocycles. The summed E-state index contributed by atoms with van der Waals surface area (Å²) < 4.78 is 17.1. The number of ether oxygens (including phenoxy) is 3. The zero-order valence-corrected chi connectivity index (χ0v) is 34.5. The van der Waals surface area contributed by atoms with Crippen molar-refractivity contribution in [3.63, 3.8) is 0 Å². The van der Waals surface area contributed by atoms with E-state index in [1.165, 1.54) is 36.8 Å². The summed E-state index contributed by atoms with van der Waals surface area (Å²) in [4.78, 5) is 30.1. The van der Waals surface area contributed by atoms with Crippen LogP contribution in [0.5, 0.6) is 5.75 Å². The van der Waals surface area contributed by atoms with E-state index < -0.39 is 6.04 Å². The summed E-state index contributed by atoms with van der Waals surface area (Å²) in [6.07, 6.45) is 12.3. The molecule has 54 heavy (non-hydrogen) atoms. The largest absolute Gasteiger partial charge is 0.508 e. The second-order valence-corrected chi connectivity index (χ2v) is 18.4. The Kier molecular flexibility index (Phi) is 15.7. The number of amides is 2. The highest BCUT2D eigenvalue weighted by Gasteiger charge is 2.56. The number of nitrogens with one attached hydrogen (secondary N) is 1. The van der Waals surface area contributed by atoms with E-state index in [1.54, 1.807) is 0 Å². The lowest BCUT2D eigenvalue weighted by atomic mass is 9.52. The molecule has 10 heteroatoms. The number of carbonyl (C=O) groups is 2. The summed E-state index contributed by atoms with van der Waals surface area (Å²) in [5.41, 5.74) is 2.51. The van der Waals surface area contributed by atoms with Gasteiger partial charge in [0.05, 0.1) is 45.7 Å². The minimum Gasteiger partial charge on any atom is -0.508 e. The van der Waals surface area contributed by atoms with Gasteiger partial charge in [-0.1, -0.05) is 46.6 Å². The summed E-state index contributed by atoms with van der Waals surface area (Å²) in [7, 11) is 2.16. The number of aromatic hydroxyl groups is 1. The molecule has 1 aliphatic heterocycles. The van der Waals surface area contributed by atoms with Gasteiger partial charge in [-0.2, -0.15) is 0 Å². The third kappa shape index (κ3) is 11.0. The minimum atomic E-state index is -0.548. The summed E-state index contributed by atoms with van der Waals surface area (Å²) >= 11 is 0. The van der Waals surface area contributed by atoms with Gasteiger partial charge in [-0.3, -0.25) is 9.59 Å². The predicted molar refractivity (Wildman–Crippen MR) is 212 cm³/mol. The molecule has 5 rings (SSSR count). The van der Waals surface area contributed by atoms with Crippen LogP contribution in [-0.4, -0.2) is 116 Å². The zero-order valence-electron chi connectivity index (χ0n) is 34.5. The Balaban J connectivity index is 0.880. The molecule has 8 unspecified atom stereocenters. The molecule has 2 amide bonds. The van der Waals surface area contributed by atoms with Crippen molar-refractivity contribution in [1.29, 1.82) is 0 Å². The molecule has 1 aromatic carbocycles. The maximum Gasteiger partial charge on any atom is 0.245 e. The lowest BCUT2D eigenvalue weighted by Crippen LogP contribution is -2.55. The molecule has 3 fully saturated rings. The van der Waals surface area contributed by atoms with Crippen LogP contribution in [0.2, 0.25) is 0 Å². The molecular formula is C44H73N3O7. The second-order valence-electron chi connectivity index (χ2n) is 18.4. The first-order valence-corrected chi connectivity index (χ1v) is 21.3. The van der Waals surface area contributed by atoms with Gasteiger partial charge in [-0.05, 0) is 136 Å². The van der Waals surface area contributed by atoms with Crippen molar-refractivity contribution in [2.75, 3.05) is 66.3 Å². The van der Waals surface area contributed by atoms with Crippen LogP contribution in [-0.2, 0) is 30.2 Å². The van der Waals surface area contributed by atoms with E-state index in [0.29, 0.717) is 62.5 Å². The van der Waals surface area contributed by atoms with Crippen molar-refractivity contribution < 1.29 is 34.0 Å². The van der Waals surface area contributed by atoms with Crippen molar-refractivity contribution in [3.05, 3.63) is 29.3 Å². The Morgan fingerprint density at radius 1 is 0.981 bits per heavy atom. The average Bonchev–Trinajstić information content (AvgIpc) is 3.69. The molecule has 8 atom stereocenters. The average molecular weight is 756 g/mol. The number of aliphatic hydroxyl groups is 1. The normalized spacial score (nSPS) is 28.5. The molecule has 3 N–H and O–H groups in total. The number of benzene rings is 1. The maximum atomic E-state index is 13.2. The number of likely N-dealkylation sites (N-methyl/N-ethyl adjacent to an activating group) is 1. The maximum absolute atomic E-state index is 13.2. The van der Waals surface area contributed by atoms with Crippen LogP contribution in [0.4, 0.5) is 0 Å². The number of unbranched alkanes of at least 4 members (excludes halogenated alkanes) is 2. The molecule has 0 spiro atoms. The van der Waals surface area contributed by atoms with Crippen LogP contribution >= 0.6 is 0 Å². The van der Waals surface area contributed by atoms with Gasteiger partial charge in [0.15, 0.2) is 0 Å². The van der Waals surface area contributed by atoms with Crippen molar-refractivity contribution in [2.24, 2.45) is 28.6 Å². The number of hydrogen-bond donors (Lipinski definition) is 3. The third-order valence-electron chi connectivity index (χ3n) is 13.5. The highest BCUT2D eigenvalue weighted by Crippen LogP contribution is 2.62. The van der Waals surface area contributed by atoms with E-state index in [4.69, 9.17) is 14.2 Å². The summed E-state index contributed by atoms with van der Waals surface area (Å²) in [6.45, 7) is 16.0. The fourth-order valence-electron chi connectivity index (χ4n) is 10.3. The van der Waals surface area contributed by atoms with E-state index in [0.717, 1.165) is 64.6 Å². The lowest BCUT2D eigenvalue weighted by molar-refractivity contribution is -0.140. The number of nitrogens with zero attached hydrogens (tertiary/aromatic N) is 2. The van der Waals surface area contributed by atoms with Gasteiger partial charge in [-0.15, -0.1) is 0 Å². The molecule has 4 aliphatic rings. The first-order chi connectivity index (χ1) is 25.8. The summed E-state index contributed by atoms with van der Waals surface area (Å²) in [5, 5.41) is 24.2. The molecule has 0 aromatic heterocycles. The topological polar surface area (TPSA) is 121 Å². The second kappa shape index (κ2) is 19.8. The highest BCUT2D eigenvalue weighted by molar-refractivity contribution is 5.88. The fraction of sp³-hybridized carbons (Fsp3) is 0.818. The number of fused-ring (bicyclic) bond motifs is 5. The molecule has 0 bridgehead atoms. The minimum absolute atomic E-state index is 0.0113. The summed E-state index contributed by atoms with van der Waals surface area (Å²) in [6, 6.07) is 5.75. The van der Waals surface area contributed by atoms with Crippen molar-refractivity contribution in [1.82, 2.24) is 15.1 Å². The quantitative estimate of drug-likeness (QED) is 0.133. The lowest BCUT2D eigenvalue weighted by Gasteiger charge is -2.53. The summed E-state index contributed by atoms with van der Waals surface area (Å²) in [5.74, 6) is 2.66. The van der Waals surface area contributed by atoms with Crippen molar-refractivity contribution in [3.8, 4) is 5.75 Å². The van der Waals surface area contributed by atoms with E-state index in [1.807, 2.05) is 37.8 Å². The smallest absolute Gasteiger partial charge is 0.245 e. The standard InChI is InChI=1S/C44H73N3O7/c1-31-11-10-21-47(31)42(51)41(43(2,3)4)45-39(50)18-23-52-25-27-54-28-26-53-24-22-46(6)20-9-7-8-12-32-29-33-30-34(48)13-14-35(33)36-17-19-44(5)37(40(32)36)15-16-38(44)49/h13-14,30-32,36-38,40-41,48-49H,7-12,15-29H2,1-6H3,(H,45,50). The molecule has 306 valence electrons. The van der Waals surface area contributed by atoms with E-state index in [9.17, 15) is 19.8 Å². The molecular weight excluding hydrogens is 682 g/mol. The SMILES string of the molecule is CC1CCCN1C(=O)C(NC(=O)CCOCCOCCOCCN(C)CCCCCC1Cc2cc(O)ccc2C2CCC3(C)C(O)CCC3C12)C(C)(C)C. The van der Waals surface area contributed by atoms with Gasteiger partial charge in [0.25, 0.3) is 0 Å². The van der Waals surface area contributed by atoms with Crippen LogP contribution in [0.25, 0.3) is 0 Å². The van der Waals surface area contributed by atoms with Crippen LogP contribution < -0.4 is 5.32 Å². The van der Waals surface area contributed by atoms with Crippen molar-refractivity contribution in [2.45, 2.75) is 136 Å². The van der Waals surface area contributed by atoms with Gasteiger partial charge in [0, 0.05) is 25.6 Å². The van der Waals surface area contributed by atoms with Crippen molar-refractivity contribution >= 4 is 11.8 Å². The number of phenolic OH excluding ortho intramolecular Hbond substituents is 1. The molecule has 1 aromatic rings. The number of rotatable bonds is 20. The third-order valence-corrected chi connectivity index (χ3v) is 13.5. The molecule has 1 heterocycles. The first kappa shape index (κ1) is 42.9. The van der Waals surface area contributed by atoms with Crippen LogP contribution in [0.1, 0.15) is 122 Å². The van der Waals surface area contributed by atoms with Gasteiger partial charge in [0.2, 0.25) is 11.8 Å². The number of likely N-dealkylation sites (tertiary alicyclic amines) is 1. The Morgan fingerprint density at radius 2 is 1.70 bits per heavy atom. The number of hydrogen-bond acceptors (Lipinski definition) is 8. The molecule has 10 nitrogen and oxygen atoms in total. The number of carbonyl (C=O) groups excluding carboxylic acids is 2. The van der Waals surface area contributed by atoms with Gasteiger partial charge in [0.1, 0.15) is 11.8 Å². The molecule has 3 aliphatic carbocycles. The Bertz CT molecular complexity index is 1350. The zero-order chi connectivity index (χ0) is 38.9. The molecule has 0 radical (unpaired) electrons. The fourth-order valence-corrected chi connectivity index (χ4v) is 10.3. The van der Waals surface area contributed by atoms with Crippen LogP contribution in [0.3, 0.4) is 0 Å². The number of aliphatic hydroxyl groups excluding tert-OH is 1. The van der Waals surface area contributed by atoms with Gasteiger partial charge in [-0.25, -0.2) is 0 Å². The Labute approximate surface area is 326 Å². The Morgan fingerprint density at radius 3 is 2.41 bits per heavy atom. The Hall–Kier alpha value is -2.24. The van der Waals surface area contributed by atoms with E-state index >= 15 is 0 Å². The molecule has 1 saturated heterocycles.